The lowest BCUT2D eigenvalue weighted by molar-refractivity contribution is 0.0976. The SMILES string of the molecule is N#C[C@@H](C(=O)c1ccc(F)cc1)c1nc2ccccc2c(=O)[nH]1. The van der Waals surface area contributed by atoms with Crippen molar-refractivity contribution < 1.29 is 9.18 Å². The minimum Gasteiger partial charge on any atom is -0.308 e. The van der Waals surface area contributed by atoms with E-state index in [4.69, 9.17) is 0 Å². The summed E-state index contributed by atoms with van der Waals surface area (Å²) in [5.41, 5.74) is 0.157. The van der Waals surface area contributed by atoms with Gasteiger partial charge in [0.1, 0.15) is 11.6 Å². The average molecular weight is 307 g/mol. The maximum atomic E-state index is 12.9. The highest BCUT2D eigenvalue weighted by atomic mass is 19.1. The number of aromatic amines is 1. The lowest BCUT2D eigenvalue weighted by Gasteiger charge is -2.08. The number of carbonyl (C=O) groups is 1. The number of benzene rings is 2. The summed E-state index contributed by atoms with van der Waals surface area (Å²) in [6, 6.07) is 13.4. The van der Waals surface area contributed by atoms with Crippen molar-refractivity contribution in [1.29, 1.82) is 5.26 Å². The first kappa shape index (κ1) is 14.6. The Balaban J connectivity index is 2.08. The fourth-order valence-electron chi connectivity index (χ4n) is 2.27. The summed E-state index contributed by atoms with van der Waals surface area (Å²) in [7, 11) is 0. The predicted molar refractivity (Wildman–Crippen MR) is 81.4 cm³/mol. The molecule has 1 heterocycles. The van der Waals surface area contributed by atoms with Crippen LogP contribution in [0, 0.1) is 17.1 Å². The van der Waals surface area contributed by atoms with Gasteiger partial charge in [-0.3, -0.25) is 9.59 Å². The highest BCUT2D eigenvalue weighted by Crippen LogP contribution is 2.18. The van der Waals surface area contributed by atoms with Gasteiger partial charge in [0.15, 0.2) is 11.7 Å². The van der Waals surface area contributed by atoms with Gasteiger partial charge < -0.3 is 4.98 Å². The Hall–Kier alpha value is -3.33. The summed E-state index contributed by atoms with van der Waals surface area (Å²) in [6.07, 6.45) is 0. The van der Waals surface area contributed by atoms with Crippen molar-refractivity contribution in [2.75, 3.05) is 0 Å². The molecule has 1 N–H and O–H groups in total. The number of para-hydroxylation sites is 1. The topological polar surface area (TPSA) is 86.6 Å². The quantitative estimate of drug-likeness (QED) is 0.753. The van der Waals surface area contributed by atoms with Gasteiger partial charge in [-0.2, -0.15) is 5.26 Å². The summed E-state index contributed by atoms with van der Waals surface area (Å²) < 4.78 is 12.9. The van der Waals surface area contributed by atoms with Crippen LogP contribution in [-0.2, 0) is 0 Å². The van der Waals surface area contributed by atoms with Gasteiger partial charge >= 0.3 is 0 Å². The summed E-state index contributed by atoms with van der Waals surface area (Å²) in [6.45, 7) is 0. The van der Waals surface area contributed by atoms with Gasteiger partial charge in [0.05, 0.1) is 17.0 Å². The van der Waals surface area contributed by atoms with E-state index >= 15 is 0 Å². The van der Waals surface area contributed by atoms with Gasteiger partial charge in [-0.15, -0.1) is 0 Å². The van der Waals surface area contributed by atoms with Crippen molar-refractivity contribution in [3.05, 3.63) is 76.1 Å². The molecule has 0 saturated heterocycles. The second kappa shape index (κ2) is 5.81. The van der Waals surface area contributed by atoms with Crippen LogP contribution >= 0.6 is 0 Å². The molecule has 5 nitrogen and oxygen atoms in total. The minimum absolute atomic E-state index is 0.0227. The average Bonchev–Trinajstić information content (AvgIpc) is 2.56. The number of fused-ring (bicyclic) bond motifs is 1. The van der Waals surface area contributed by atoms with Crippen LogP contribution < -0.4 is 5.56 Å². The standard InChI is InChI=1S/C17H10FN3O2/c18-11-7-5-10(6-8-11)15(22)13(9-19)16-20-14-4-2-1-3-12(14)17(23)21-16/h1-8,13H,(H,20,21,23)/t13-/m0/s1. The van der Waals surface area contributed by atoms with Gasteiger partial charge in [0, 0.05) is 5.56 Å². The summed E-state index contributed by atoms with van der Waals surface area (Å²) in [4.78, 5) is 31.2. The molecule has 0 aliphatic carbocycles. The molecule has 0 radical (unpaired) electrons. The van der Waals surface area contributed by atoms with Crippen LogP contribution in [0.3, 0.4) is 0 Å². The van der Waals surface area contributed by atoms with Crippen molar-refractivity contribution in [2.45, 2.75) is 5.92 Å². The van der Waals surface area contributed by atoms with Gasteiger partial charge in [-0.25, -0.2) is 9.37 Å². The second-order valence-corrected chi connectivity index (χ2v) is 4.90. The van der Waals surface area contributed by atoms with Crippen LogP contribution in [0.25, 0.3) is 10.9 Å². The number of nitriles is 1. The maximum Gasteiger partial charge on any atom is 0.258 e. The number of Topliss-reactive ketones (excluding diaryl/α,β-unsaturated/α-hetero) is 1. The molecular formula is C17H10FN3O2. The molecule has 3 rings (SSSR count). The highest BCUT2D eigenvalue weighted by molar-refractivity contribution is 6.02. The number of halogens is 1. The molecule has 0 spiro atoms. The molecule has 1 aromatic heterocycles. The van der Waals surface area contributed by atoms with Crippen LogP contribution in [0.15, 0.2) is 53.3 Å². The number of ketones is 1. The number of hydrogen-bond donors (Lipinski definition) is 1. The Morgan fingerprint density at radius 3 is 2.57 bits per heavy atom. The van der Waals surface area contributed by atoms with E-state index in [1.54, 1.807) is 24.3 Å². The summed E-state index contributed by atoms with van der Waals surface area (Å²) in [5, 5.41) is 9.70. The van der Waals surface area contributed by atoms with Crippen LogP contribution in [0.2, 0.25) is 0 Å². The van der Waals surface area contributed by atoms with E-state index in [0.29, 0.717) is 10.9 Å². The molecule has 6 heteroatoms. The molecule has 0 bridgehead atoms. The molecule has 0 aliphatic rings. The van der Waals surface area contributed by atoms with E-state index in [2.05, 4.69) is 9.97 Å². The van der Waals surface area contributed by atoms with Crippen molar-refractivity contribution in [3.63, 3.8) is 0 Å². The van der Waals surface area contributed by atoms with E-state index < -0.39 is 23.1 Å². The van der Waals surface area contributed by atoms with Crippen LogP contribution in [-0.4, -0.2) is 15.8 Å². The largest absolute Gasteiger partial charge is 0.308 e. The van der Waals surface area contributed by atoms with E-state index in [0.717, 1.165) is 12.1 Å². The monoisotopic (exact) mass is 307 g/mol. The molecule has 3 aromatic rings. The Morgan fingerprint density at radius 1 is 1.17 bits per heavy atom. The Bertz CT molecular complexity index is 987. The van der Waals surface area contributed by atoms with E-state index in [1.807, 2.05) is 6.07 Å². The smallest absolute Gasteiger partial charge is 0.258 e. The molecule has 1 atom stereocenters. The zero-order valence-electron chi connectivity index (χ0n) is 11.8. The molecule has 112 valence electrons. The minimum atomic E-state index is -1.27. The Labute approximate surface area is 130 Å². The van der Waals surface area contributed by atoms with Crippen LogP contribution in [0.4, 0.5) is 4.39 Å². The van der Waals surface area contributed by atoms with Crippen molar-refractivity contribution >= 4 is 16.7 Å². The first-order valence-electron chi connectivity index (χ1n) is 6.78. The maximum absolute atomic E-state index is 12.9. The molecule has 0 amide bonds. The van der Waals surface area contributed by atoms with Crippen molar-refractivity contribution in [3.8, 4) is 6.07 Å². The molecule has 23 heavy (non-hydrogen) atoms. The highest BCUT2D eigenvalue weighted by Gasteiger charge is 2.24. The second-order valence-electron chi connectivity index (χ2n) is 4.90. The lowest BCUT2D eigenvalue weighted by Crippen LogP contribution is -2.19. The predicted octanol–water partition coefficient (Wildman–Crippen LogP) is 2.55. The number of nitrogens with zero attached hydrogens (tertiary/aromatic N) is 2. The number of hydrogen-bond acceptors (Lipinski definition) is 4. The number of carbonyl (C=O) groups excluding carboxylic acids is 1. The normalized spacial score (nSPS) is 11.8. The first-order chi connectivity index (χ1) is 11.1. The van der Waals surface area contributed by atoms with E-state index in [1.165, 1.54) is 12.1 Å². The third-order valence-corrected chi connectivity index (χ3v) is 3.42. The molecule has 0 aliphatic heterocycles. The Morgan fingerprint density at radius 2 is 1.87 bits per heavy atom. The third-order valence-electron chi connectivity index (χ3n) is 3.42. The summed E-state index contributed by atoms with van der Waals surface area (Å²) in [5.74, 6) is -2.32. The fourth-order valence-corrected chi connectivity index (χ4v) is 2.27. The molecule has 2 aromatic carbocycles. The van der Waals surface area contributed by atoms with E-state index in [-0.39, 0.29) is 11.4 Å². The van der Waals surface area contributed by atoms with Crippen molar-refractivity contribution in [1.82, 2.24) is 9.97 Å². The van der Waals surface area contributed by atoms with Crippen LogP contribution in [0.1, 0.15) is 22.1 Å². The zero-order valence-corrected chi connectivity index (χ0v) is 11.8. The van der Waals surface area contributed by atoms with Gasteiger partial charge in [0.2, 0.25) is 0 Å². The fraction of sp³-hybridized carbons (Fsp3) is 0.0588. The third kappa shape index (κ3) is 2.72. The van der Waals surface area contributed by atoms with E-state index in [9.17, 15) is 19.2 Å². The first-order valence-corrected chi connectivity index (χ1v) is 6.78. The van der Waals surface area contributed by atoms with Crippen LogP contribution in [0.5, 0.6) is 0 Å². The molecular weight excluding hydrogens is 297 g/mol. The van der Waals surface area contributed by atoms with Crippen molar-refractivity contribution in [2.24, 2.45) is 0 Å². The lowest BCUT2D eigenvalue weighted by atomic mass is 9.98. The number of nitrogens with one attached hydrogen (secondary N) is 1. The molecule has 0 saturated carbocycles. The number of aromatic nitrogens is 2. The summed E-state index contributed by atoms with van der Waals surface area (Å²) >= 11 is 0. The van der Waals surface area contributed by atoms with Gasteiger partial charge in [0.25, 0.3) is 5.56 Å². The Kier molecular flexibility index (Phi) is 3.69. The van der Waals surface area contributed by atoms with Gasteiger partial charge in [-0.05, 0) is 36.4 Å². The number of rotatable bonds is 3. The molecule has 0 unspecified atom stereocenters. The van der Waals surface area contributed by atoms with Gasteiger partial charge in [-0.1, -0.05) is 12.1 Å². The zero-order chi connectivity index (χ0) is 16.4. The molecule has 0 fully saturated rings. The number of H-pyrrole nitrogens is 1.